The largest absolute Gasteiger partial charge is 2.00 e. The molecule has 0 radical (unpaired) electrons. The molecular formula is C17H28Cl2GeNZr-3. The van der Waals surface area contributed by atoms with Crippen molar-refractivity contribution in [3.8, 4) is 0 Å². The second-order valence-corrected chi connectivity index (χ2v) is 7.55. The van der Waals surface area contributed by atoms with Crippen molar-refractivity contribution >= 4 is 15.4 Å². The molecule has 2 N–H and O–H groups in total. The van der Waals surface area contributed by atoms with Crippen molar-refractivity contribution < 1.29 is 51.0 Å². The first-order chi connectivity index (χ1) is 8.54. The van der Waals surface area contributed by atoms with E-state index in [4.69, 9.17) is 0 Å². The Balaban J connectivity index is -0.0000000664. The van der Waals surface area contributed by atoms with Crippen molar-refractivity contribution in [3.63, 3.8) is 0 Å². The summed E-state index contributed by atoms with van der Waals surface area (Å²) in [5.41, 5.74) is 4.25. The molecule has 1 aromatic carbocycles. The molecule has 126 valence electrons. The van der Waals surface area contributed by atoms with Gasteiger partial charge in [0.1, 0.15) is 0 Å². The molecule has 5 heteroatoms. The van der Waals surface area contributed by atoms with Crippen molar-refractivity contribution in [2.24, 2.45) is 5.92 Å². The third-order valence-corrected chi connectivity index (χ3v) is 2.84. The SMILES string of the molecule is CC1=[C-]C(C)C(C)=C1C.[CH3][GeH2][CH3].[Cl-].[Cl-].[NH2-].[Zr+2].[c-]1ccccc1. The number of nitrogens with two attached hydrogens (primary N) is 1. The van der Waals surface area contributed by atoms with Crippen molar-refractivity contribution in [2.45, 2.75) is 39.2 Å². The summed E-state index contributed by atoms with van der Waals surface area (Å²) in [7, 11) is 0. The average Bonchev–Trinajstić information content (AvgIpc) is 2.60. The molecule has 0 spiro atoms. The molecule has 0 aliphatic heterocycles. The van der Waals surface area contributed by atoms with Gasteiger partial charge in [-0.25, -0.2) is 5.57 Å². The minimum Gasteiger partial charge on any atom is -1.00 e. The third kappa shape index (κ3) is 15.6. The van der Waals surface area contributed by atoms with Gasteiger partial charge >= 0.3 is 53.1 Å². The summed E-state index contributed by atoms with van der Waals surface area (Å²) >= 11 is 0.125. The maximum absolute atomic E-state index is 3.36. The van der Waals surface area contributed by atoms with Gasteiger partial charge in [-0.1, -0.05) is 26.7 Å². The monoisotopic (exact) mass is 480 g/mol. The van der Waals surface area contributed by atoms with Crippen LogP contribution in [0.3, 0.4) is 0 Å². The number of rotatable bonds is 0. The van der Waals surface area contributed by atoms with Crippen LogP contribution in [0.1, 0.15) is 27.7 Å². The Bertz CT molecular complexity index is 368. The molecule has 1 atom stereocenters. The molecule has 22 heavy (non-hydrogen) atoms. The molecule has 1 aliphatic rings. The van der Waals surface area contributed by atoms with Crippen LogP contribution >= 0.6 is 0 Å². The molecule has 0 aromatic heterocycles. The zero-order valence-electron chi connectivity index (χ0n) is 14.5. The van der Waals surface area contributed by atoms with Gasteiger partial charge in [-0.3, -0.25) is 6.08 Å². The van der Waals surface area contributed by atoms with E-state index in [1.807, 2.05) is 30.3 Å². The van der Waals surface area contributed by atoms with Gasteiger partial charge in [0.2, 0.25) is 0 Å². The minimum atomic E-state index is 0. The Morgan fingerprint density at radius 2 is 1.36 bits per heavy atom. The molecule has 1 nitrogen and oxygen atoms in total. The van der Waals surface area contributed by atoms with Crippen LogP contribution in [-0.2, 0) is 26.2 Å². The van der Waals surface area contributed by atoms with Crippen molar-refractivity contribution in [3.05, 3.63) is 65.3 Å². The number of allylic oxidation sites excluding steroid dienone is 4. The van der Waals surface area contributed by atoms with Crippen LogP contribution in [0.5, 0.6) is 0 Å². The van der Waals surface area contributed by atoms with Gasteiger partial charge in [0.15, 0.2) is 0 Å². The van der Waals surface area contributed by atoms with E-state index in [9.17, 15) is 0 Å². The van der Waals surface area contributed by atoms with Crippen LogP contribution in [0, 0.1) is 18.1 Å². The number of halogens is 2. The maximum Gasteiger partial charge on any atom is 2.00 e. The van der Waals surface area contributed by atoms with Gasteiger partial charge in [0.05, 0.1) is 0 Å². The topological polar surface area (TPSA) is 33.5 Å². The van der Waals surface area contributed by atoms with Gasteiger partial charge < -0.3 is 31.0 Å². The Morgan fingerprint density at radius 1 is 0.955 bits per heavy atom. The summed E-state index contributed by atoms with van der Waals surface area (Å²) in [5, 5.41) is 0. The average molecular weight is 481 g/mol. The van der Waals surface area contributed by atoms with Crippen molar-refractivity contribution in [1.29, 1.82) is 0 Å². The molecule has 0 amide bonds. The summed E-state index contributed by atoms with van der Waals surface area (Å²) in [6.45, 7) is 8.67. The summed E-state index contributed by atoms with van der Waals surface area (Å²) < 4.78 is 0. The second-order valence-electron chi connectivity index (χ2n) is 4.58. The van der Waals surface area contributed by atoms with Gasteiger partial charge in [-0.05, 0) is 0 Å². The molecule has 2 rings (SSSR count). The Hall–Kier alpha value is 0.666. The molecule has 1 aliphatic carbocycles. The van der Waals surface area contributed by atoms with Crippen LogP contribution in [0.2, 0.25) is 11.5 Å². The fourth-order valence-electron chi connectivity index (χ4n) is 1.50. The summed E-state index contributed by atoms with van der Waals surface area (Å²) in [6, 6.07) is 12.5. The smallest absolute Gasteiger partial charge is 1.00 e. The number of hydrogen-bond donors (Lipinski definition) is 0. The predicted molar refractivity (Wildman–Crippen MR) is 90.8 cm³/mol. The number of benzene rings is 1. The van der Waals surface area contributed by atoms with E-state index in [1.165, 1.54) is 16.7 Å². The maximum atomic E-state index is 3.36. The van der Waals surface area contributed by atoms with Crippen molar-refractivity contribution in [2.75, 3.05) is 0 Å². The zero-order valence-corrected chi connectivity index (χ0v) is 21.4. The Kier molecular flexibility index (Phi) is 33.6. The first kappa shape index (κ1) is 34.1. The molecule has 0 saturated heterocycles. The zero-order chi connectivity index (χ0) is 14.0. The number of hydrogen-bond acceptors (Lipinski definition) is 0. The van der Waals surface area contributed by atoms with Crippen LogP contribution in [0.4, 0.5) is 0 Å². The van der Waals surface area contributed by atoms with Gasteiger partial charge in [0, 0.05) is 0 Å². The molecular weight excluding hydrogens is 453 g/mol. The second kappa shape index (κ2) is 21.7. The van der Waals surface area contributed by atoms with Crippen LogP contribution in [-0.4, -0.2) is 15.4 Å². The van der Waals surface area contributed by atoms with Crippen LogP contribution in [0.15, 0.2) is 47.1 Å². The van der Waals surface area contributed by atoms with Crippen LogP contribution < -0.4 is 24.8 Å². The molecule has 0 fully saturated rings. The standard InChI is InChI=1S/C9H13.C6H5.C2H8Ge.2ClH.H2N.Zr/c1-6-5-7(2)9(4)8(6)3;1-2-4-6-5-3-1;1-3-2;;;;/h6H,1-4H3;1-5H;3H2,1-2H3;2*1H;1H2;/q2*-1;;;;-1;+2/p-2. The molecule has 1 unspecified atom stereocenters. The molecule has 1 aromatic rings. The quantitative estimate of drug-likeness (QED) is 0.343. The van der Waals surface area contributed by atoms with E-state index >= 15 is 0 Å². The summed E-state index contributed by atoms with van der Waals surface area (Å²) in [6.07, 6.45) is 3.36. The van der Waals surface area contributed by atoms with E-state index < -0.39 is 0 Å². The normalized spacial score (nSPS) is 14.1. The van der Waals surface area contributed by atoms with E-state index in [-0.39, 0.29) is 72.6 Å². The van der Waals surface area contributed by atoms with E-state index in [2.05, 4.69) is 51.3 Å². The van der Waals surface area contributed by atoms with E-state index in [1.54, 1.807) is 0 Å². The summed E-state index contributed by atoms with van der Waals surface area (Å²) in [5.74, 6) is 5.19. The predicted octanol–water partition coefficient (Wildman–Crippen LogP) is -0.817. The Labute approximate surface area is 175 Å². The molecule has 0 heterocycles. The van der Waals surface area contributed by atoms with Gasteiger partial charge in [0.25, 0.3) is 0 Å². The first-order valence-corrected chi connectivity index (χ1v) is 12.7. The Morgan fingerprint density at radius 3 is 1.45 bits per heavy atom. The van der Waals surface area contributed by atoms with E-state index in [0.29, 0.717) is 5.92 Å². The summed E-state index contributed by atoms with van der Waals surface area (Å²) in [4.78, 5) is 0. The van der Waals surface area contributed by atoms with Crippen LogP contribution in [0.25, 0.3) is 6.15 Å². The van der Waals surface area contributed by atoms with Gasteiger partial charge in [-0.2, -0.15) is 47.5 Å². The minimum absolute atomic E-state index is 0. The van der Waals surface area contributed by atoms with Gasteiger partial charge in [-0.15, -0.1) is 6.92 Å². The fourth-order valence-corrected chi connectivity index (χ4v) is 1.50. The van der Waals surface area contributed by atoms with Crippen molar-refractivity contribution in [1.82, 2.24) is 0 Å². The van der Waals surface area contributed by atoms with E-state index in [0.717, 1.165) is 0 Å². The molecule has 0 saturated carbocycles. The first-order valence-electron chi connectivity index (χ1n) is 6.73. The third-order valence-electron chi connectivity index (χ3n) is 2.84. The fraction of sp³-hybridized carbons (Fsp3) is 0.412. The molecule has 0 bridgehead atoms.